The Labute approximate surface area is 201 Å². The fourth-order valence-corrected chi connectivity index (χ4v) is 3.73. The SMILES string of the molecule is [N-]=[N+]=NCCOCCOCCOCCC(=O)Nc1ccc2c(c1)CN(C1CCC(=O)NC1=O)C2=O. The molecule has 1 unspecified atom stereocenters. The third-order valence-electron chi connectivity index (χ3n) is 5.42. The van der Waals surface area contributed by atoms with Gasteiger partial charge in [-0.3, -0.25) is 24.5 Å². The van der Waals surface area contributed by atoms with Crippen molar-refractivity contribution in [2.45, 2.75) is 31.8 Å². The lowest BCUT2D eigenvalue weighted by Crippen LogP contribution is -2.52. The third-order valence-corrected chi connectivity index (χ3v) is 5.42. The van der Waals surface area contributed by atoms with Gasteiger partial charge in [0.05, 0.1) is 46.1 Å². The van der Waals surface area contributed by atoms with E-state index in [1.165, 1.54) is 4.90 Å². The summed E-state index contributed by atoms with van der Waals surface area (Å²) in [6.07, 6.45) is 0.646. The van der Waals surface area contributed by atoms with Crippen LogP contribution in [-0.4, -0.2) is 80.8 Å². The predicted molar refractivity (Wildman–Crippen MR) is 122 cm³/mol. The minimum atomic E-state index is -0.677. The molecule has 1 fully saturated rings. The van der Waals surface area contributed by atoms with E-state index in [-0.39, 0.29) is 50.3 Å². The van der Waals surface area contributed by atoms with Crippen LogP contribution in [0.3, 0.4) is 0 Å². The fraction of sp³-hybridized carbons (Fsp3) is 0.545. The van der Waals surface area contributed by atoms with E-state index in [4.69, 9.17) is 19.7 Å². The molecule has 2 aliphatic heterocycles. The number of imide groups is 1. The zero-order valence-corrected chi connectivity index (χ0v) is 19.2. The minimum absolute atomic E-state index is 0.154. The molecule has 1 aromatic rings. The lowest BCUT2D eigenvalue weighted by molar-refractivity contribution is -0.137. The molecule has 0 radical (unpaired) electrons. The molecule has 4 amide bonds. The Morgan fingerprint density at radius 1 is 1.11 bits per heavy atom. The Morgan fingerprint density at radius 2 is 1.83 bits per heavy atom. The molecule has 2 aliphatic rings. The molecule has 0 aliphatic carbocycles. The van der Waals surface area contributed by atoms with Gasteiger partial charge in [0.25, 0.3) is 5.91 Å². The Hall–Kier alpha value is -3.51. The zero-order valence-electron chi connectivity index (χ0n) is 19.2. The summed E-state index contributed by atoms with van der Waals surface area (Å²) >= 11 is 0. The van der Waals surface area contributed by atoms with Gasteiger partial charge in [-0.15, -0.1) is 0 Å². The molecule has 1 aromatic carbocycles. The maximum Gasteiger partial charge on any atom is 0.255 e. The number of hydrogen-bond donors (Lipinski definition) is 2. The summed E-state index contributed by atoms with van der Waals surface area (Å²) in [6, 6.07) is 4.32. The summed E-state index contributed by atoms with van der Waals surface area (Å²) < 4.78 is 15.9. The summed E-state index contributed by atoms with van der Waals surface area (Å²) in [5, 5.41) is 8.41. The highest BCUT2D eigenvalue weighted by Gasteiger charge is 2.39. The molecule has 2 N–H and O–H groups in total. The van der Waals surface area contributed by atoms with E-state index >= 15 is 0 Å². The Morgan fingerprint density at radius 3 is 2.54 bits per heavy atom. The number of nitrogens with one attached hydrogen (secondary N) is 2. The van der Waals surface area contributed by atoms with Crippen LogP contribution in [0.15, 0.2) is 23.3 Å². The molecular weight excluding hydrogens is 460 g/mol. The summed E-state index contributed by atoms with van der Waals surface area (Å²) in [7, 11) is 0. The monoisotopic (exact) mass is 488 g/mol. The first-order chi connectivity index (χ1) is 17.0. The van der Waals surface area contributed by atoms with Gasteiger partial charge >= 0.3 is 0 Å². The normalized spacial score (nSPS) is 17.1. The first kappa shape index (κ1) is 26.1. The fourth-order valence-electron chi connectivity index (χ4n) is 3.73. The van der Waals surface area contributed by atoms with Crippen LogP contribution in [0.5, 0.6) is 0 Å². The van der Waals surface area contributed by atoms with Crippen molar-refractivity contribution in [3.8, 4) is 0 Å². The van der Waals surface area contributed by atoms with Crippen molar-refractivity contribution < 1.29 is 33.4 Å². The maximum atomic E-state index is 12.7. The number of amides is 4. The second kappa shape index (κ2) is 13.4. The van der Waals surface area contributed by atoms with Crippen LogP contribution in [0.4, 0.5) is 5.69 Å². The number of hydrogen-bond acceptors (Lipinski definition) is 8. The van der Waals surface area contributed by atoms with Crippen LogP contribution in [0, 0.1) is 0 Å². The van der Waals surface area contributed by atoms with Crippen molar-refractivity contribution >= 4 is 29.3 Å². The van der Waals surface area contributed by atoms with Crippen LogP contribution in [-0.2, 0) is 35.1 Å². The summed E-state index contributed by atoms with van der Waals surface area (Å²) in [6.45, 7) is 2.58. The molecule has 2 heterocycles. The molecule has 0 saturated carbocycles. The van der Waals surface area contributed by atoms with Crippen molar-refractivity contribution in [3.63, 3.8) is 0 Å². The molecule has 13 heteroatoms. The first-order valence-corrected chi connectivity index (χ1v) is 11.3. The molecule has 0 aromatic heterocycles. The van der Waals surface area contributed by atoms with Crippen molar-refractivity contribution in [3.05, 3.63) is 39.8 Å². The van der Waals surface area contributed by atoms with Gasteiger partial charge in [0, 0.05) is 35.7 Å². The first-order valence-electron chi connectivity index (χ1n) is 11.3. The van der Waals surface area contributed by atoms with E-state index in [0.29, 0.717) is 56.3 Å². The number of piperidine rings is 1. The van der Waals surface area contributed by atoms with Gasteiger partial charge in [-0.25, -0.2) is 0 Å². The van der Waals surface area contributed by atoms with Gasteiger partial charge in [0.15, 0.2) is 0 Å². The van der Waals surface area contributed by atoms with E-state index in [0.717, 1.165) is 0 Å². The van der Waals surface area contributed by atoms with Crippen molar-refractivity contribution in [2.24, 2.45) is 5.11 Å². The van der Waals surface area contributed by atoms with E-state index in [2.05, 4.69) is 20.7 Å². The second-order valence-electron chi connectivity index (χ2n) is 7.86. The van der Waals surface area contributed by atoms with E-state index < -0.39 is 11.9 Å². The molecule has 35 heavy (non-hydrogen) atoms. The molecule has 13 nitrogen and oxygen atoms in total. The standard InChI is InChI=1S/C22H28N6O7/c23-27-24-6-8-34-10-12-35-11-9-33-7-5-20(30)25-16-1-2-17-15(13-16)14-28(22(17)32)18-3-4-19(29)26-21(18)31/h1-2,13,18H,3-12,14H2,(H,25,30)(H,26,29,31). The predicted octanol–water partition coefficient (Wildman–Crippen LogP) is 1.14. The molecule has 1 atom stereocenters. The number of carbonyl (C=O) groups is 4. The molecule has 0 bridgehead atoms. The minimum Gasteiger partial charge on any atom is -0.379 e. The van der Waals surface area contributed by atoms with Crippen molar-refractivity contribution in [1.82, 2.24) is 10.2 Å². The average molecular weight is 489 g/mol. The number of benzene rings is 1. The number of nitrogens with zero attached hydrogens (tertiary/aromatic N) is 4. The molecular formula is C22H28N6O7. The van der Waals surface area contributed by atoms with Crippen LogP contribution in [0.1, 0.15) is 35.2 Å². The molecule has 0 spiro atoms. The quantitative estimate of drug-likeness (QED) is 0.130. The number of fused-ring (bicyclic) bond motifs is 1. The van der Waals surface area contributed by atoms with E-state index in [1.54, 1.807) is 18.2 Å². The largest absolute Gasteiger partial charge is 0.379 e. The molecule has 1 saturated heterocycles. The Bertz CT molecular complexity index is 995. The number of rotatable bonds is 14. The Kier molecular flexibility index (Phi) is 9.99. The number of anilines is 1. The summed E-state index contributed by atoms with van der Waals surface area (Å²) in [5.74, 6) is -1.29. The molecule has 188 valence electrons. The average Bonchev–Trinajstić information content (AvgIpc) is 3.15. The number of ether oxygens (including phenoxy) is 3. The number of azide groups is 1. The molecule has 3 rings (SSSR count). The van der Waals surface area contributed by atoms with Crippen LogP contribution in [0.25, 0.3) is 10.4 Å². The highest BCUT2D eigenvalue weighted by Crippen LogP contribution is 2.29. The lowest BCUT2D eigenvalue weighted by Gasteiger charge is -2.29. The summed E-state index contributed by atoms with van der Waals surface area (Å²) in [5.41, 5.74) is 9.88. The van der Waals surface area contributed by atoms with E-state index in [9.17, 15) is 19.2 Å². The number of carbonyl (C=O) groups excluding carboxylic acids is 4. The third kappa shape index (κ3) is 7.76. The van der Waals surface area contributed by atoms with Crippen molar-refractivity contribution in [2.75, 3.05) is 51.5 Å². The highest BCUT2D eigenvalue weighted by molar-refractivity contribution is 6.05. The van der Waals surface area contributed by atoms with Crippen molar-refractivity contribution in [1.29, 1.82) is 0 Å². The topological polar surface area (TPSA) is 172 Å². The van der Waals surface area contributed by atoms with Gasteiger partial charge in [-0.1, -0.05) is 5.11 Å². The van der Waals surface area contributed by atoms with Crippen LogP contribution < -0.4 is 10.6 Å². The second-order valence-corrected chi connectivity index (χ2v) is 7.86. The summed E-state index contributed by atoms with van der Waals surface area (Å²) in [4.78, 5) is 52.5. The maximum absolute atomic E-state index is 12.7. The van der Waals surface area contributed by atoms with Crippen LogP contribution in [0.2, 0.25) is 0 Å². The Balaban J connectivity index is 1.32. The van der Waals surface area contributed by atoms with Gasteiger partial charge in [-0.2, -0.15) is 0 Å². The van der Waals surface area contributed by atoms with Gasteiger partial charge in [-0.05, 0) is 35.7 Å². The smallest absolute Gasteiger partial charge is 0.255 e. The van der Waals surface area contributed by atoms with Crippen LogP contribution >= 0.6 is 0 Å². The zero-order chi connectivity index (χ0) is 25.0. The van der Waals surface area contributed by atoms with E-state index in [1.807, 2.05) is 0 Å². The highest BCUT2D eigenvalue weighted by atomic mass is 16.5. The van der Waals surface area contributed by atoms with Gasteiger partial charge in [0.2, 0.25) is 17.7 Å². The van der Waals surface area contributed by atoms with Gasteiger partial charge in [0.1, 0.15) is 6.04 Å². The van der Waals surface area contributed by atoms with Gasteiger partial charge < -0.3 is 24.4 Å². The lowest BCUT2D eigenvalue weighted by atomic mass is 10.0.